The second-order valence-corrected chi connectivity index (χ2v) is 6.01. The lowest BCUT2D eigenvalue weighted by Crippen LogP contribution is -2.28. The van der Waals surface area contributed by atoms with Gasteiger partial charge in [0.1, 0.15) is 0 Å². The van der Waals surface area contributed by atoms with Crippen molar-refractivity contribution < 1.29 is 4.79 Å². The smallest absolute Gasteiger partial charge is 0.233 e. The predicted molar refractivity (Wildman–Crippen MR) is 80.1 cm³/mol. The van der Waals surface area contributed by atoms with Gasteiger partial charge in [-0.05, 0) is 22.1 Å². The van der Waals surface area contributed by atoms with E-state index in [1.165, 1.54) is 11.8 Å². The van der Waals surface area contributed by atoms with Gasteiger partial charge in [0.05, 0.1) is 5.75 Å². The third-order valence-corrected chi connectivity index (χ3v) is 4.47. The van der Waals surface area contributed by atoms with Gasteiger partial charge in [0.25, 0.3) is 0 Å². The number of benzene rings is 1. The monoisotopic (exact) mass is 355 g/mol. The zero-order chi connectivity index (χ0) is 14.5. The van der Waals surface area contributed by atoms with E-state index in [0.29, 0.717) is 17.5 Å². The molecule has 1 heterocycles. The highest BCUT2D eigenvalue weighted by Gasteiger charge is 2.13. The molecule has 0 N–H and O–H groups in total. The van der Waals surface area contributed by atoms with E-state index in [0.717, 1.165) is 10.0 Å². The van der Waals surface area contributed by atoms with Crippen LogP contribution in [0.25, 0.3) is 0 Å². The summed E-state index contributed by atoms with van der Waals surface area (Å²) in [7, 11) is 3.54. The fraction of sp³-hybridized carbons (Fsp3) is 0.333. The number of aryl methyl sites for hydroxylation is 1. The van der Waals surface area contributed by atoms with Gasteiger partial charge in [0, 0.05) is 25.1 Å². The maximum atomic E-state index is 12.1. The summed E-state index contributed by atoms with van der Waals surface area (Å²) in [6.45, 7) is 0.567. The summed E-state index contributed by atoms with van der Waals surface area (Å²) in [5.41, 5.74) is 1.08. The minimum absolute atomic E-state index is 0.0359. The van der Waals surface area contributed by atoms with Gasteiger partial charge in [0.2, 0.25) is 11.1 Å². The molecule has 1 aromatic carbocycles. The number of hydrogen-bond acceptors (Lipinski definition) is 5. The fourth-order valence-electron chi connectivity index (χ4n) is 1.55. The Morgan fingerprint density at radius 2 is 2.20 bits per heavy atom. The van der Waals surface area contributed by atoms with Crippen LogP contribution in [0.4, 0.5) is 0 Å². The first-order valence-corrected chi connectivity index (χ1v) is 7.68. The lowest BCUT2D eigenvalue weighted by molar-refractivity contribution is -0.127. The molecule has 106 valence electrons. The van der Waals surface area contributed by atoms with Crippen molar-refractivity contribution >= 4 is 33.6 Å². The van der Waals surface area contributed by atoms with Crippen molar-refractivity contribution in [3.05, 3.63) is 34.3 Å². The van der Waals surface area contributed by atoms with E-state index in [-0.39, 0.29) is 5.91 Å². The van der Waals surface area contributed by atoms with E-state index < -0.39 is 0 Å². The van der Waals surface area contributed by atoms with E-state index in [4.69, 9.17) is 0 Å². The van der Waals surface area contributed by atoms with Crippen molar-refractivity contribution in [2.24, 2.45) is 7.05 Å². The Balaban J connectivity index is 1.89. The normalized spacial score (nSPS) is 10.6. The summed E-state index contributed by atoms with van der Waals surface area (Å²) in [5, 5.41) is 11.7. The Morgan fingerprint density at radius 3 is 2.85 bits per heavy atom. The fourth-order valence-corrected chi connectivity index (χ4v) is 2.75. The number of carbonyl (C=O) groups is 1. The van der Waals surface area contributed by atoms with Crippen LogP contribution in [0.15, 0.2) is 33.9 Å². The first-order valence-electron chi connectivity index (χ1n) is 5.90. The third-order valence-electron chi connectivity index (χ3n) is 2.70. The number of nitrogens with zero attached hydrogens (tertiary/aromatic N) is 5. The summed E-state index contributed by atoms with van der Waals surface area (Å²) in [5.74, 6) is 0.351. The van der Waals surface area contributed by atoms with Crippen LogP contribution in [-0.2, 0) is 18.4 Å². The minimum Gasteiger partial charge on any atom is -0.341 e. The van der Waals surface area contributed by atoms with Crippen LogP contribution in [0.2, 0.25) is 0 Å². The second-order valence-electron chi connectivity index (χ2n) is 4.21. The zero-order valence-electron chi connectivity index (χ0n) is 11.2. The number of rotatable bonds is 5. The van der Waals surface area contributed by atoms with Crippen molar-refractivity contribution in [3.8, 4) is 0 Å². The zero-order valence-corrected chi connectivity index (χ0v) is 13.6. The van der Waals surface area contributed by atoms with E-state index in [9.17, 15) is 4.79 Å². The van der Waals surface area contributed by atoms with Crippen LogP contribution in [0.3, 0.4) is 0 Å². The number of aromatic nitrogens is 4. The molecule has 0 spiro atoms. The van der Waals surface area contributed by atoms with Crippen molar-refractivity contribution in [3.63, 3.8) is 0 Å². The van der Waals surface area contributed by atoms with Crippen LogP contribution in [0.5, 0.6) is 0 Å². The lowest BCUT2D eigenvalue weighted by Gasteiger charge is -2.17. The predicted octanol–water partition coefficient (Wildman–Crippen LogP) is 1.72. The molecular formula is C12H14BrN5OS. The van der Waals surface area contributed by atoms with Crippen LogP contribution >= 0.6 is 27.7 Å². The van der Waals surface area contributed by atoms with Gasteiger partial charge in [0.15, 0.2) is 0 Å². The van der Waals surface area contributed by atoms with E-state index in [1.54, 1.807) is 23.7 Å². The van der Waals surface area contributed by atoms with Gasteiger partial charge in [-0.2, -0.15) is 0 Å². The third kappa shape index (κ3) is 3.80. The molecule has 0 saturated heterocycles. The van der Waals surface area contributed by atoms with Crippen molar-refractivity contribution in [2.75, 3.05) is 12.8 Å². The topological polar surface area (TPSA) is 63.9 Å². The number of amides is 1. The van der Waals surface area contributed by atoms with Crippen molar-refractivity contribution in [1.29, 1.82) is 0 Å². The Bertz CT molecular complexity index is 603. The van der Waals surface area contributed by atoms with Gasteiger partial charge in [-0.1, -0.05) is 45.9 Å². The van der Waals surface area contributed by atoms with Crippen LogP contribution < -0.4 is 0 Å². The standard InChI is InChI=1S/C12H14BrN5OS/c1-17(7-9-5-3-4-6-10(9)13)11(19)8-20-12-14-15-16-18(12)2/h3-6H,7-8H2,1-2H3. The van der Waals surface area contributed by atoms with Gasteiger partial charge < -0.3 is 4.90 Å². The molecule has 0 aliphatic rings. The molecule has 0 radical (unpaired) electrons. The molecule has 8 heteroatoms. The number of tetrazole rings is 1. The van der Waals surface area contributed by atoms with Gasteiger partial charge in [-0.3, -0.25) is 4.79 Å². The molecule has 0 unspecified atom stereocenters. The maximum Gasteiger partial charge on any atom is 0.233 e. The summed E-state index contributed by atoms with van der Waals surface area (Å²) < 4.78 is 2.55. The maximum absolute atomic E-state index is 12.1. The summed E-state index contributed by atoms with van der Waals surface area (Å²) in [4.78, 5) is 13.8. The molecule has 0 fully saturated rings. The highest BCUT2D eigenvalue weighted by Crippen LogP contribution is 2.18. The van der Waals surface area contributed by atoms with Crippen LogP contribution in [0, 0.1) is 0 Å². The number of carbonyl (C=O) groups excluding carboxylic acids is 1. The van der Waals surface area contributed by atoms with Gasteiger partial charge >= 0.3 is 0 Å². The van der Waals surface area contributed by atoms with Crippen molar-refractivity contribution in [1.82, 2.24) is 25.1 Å². The Hall–Kier alpha value is -1.41. The molecule has 0 bridgehead atoms. The Kier molecular flexibility index (Phi) is 5.13. The number of thioether (sulfide) groups is 1. The second kappa shape index (κ2) is 6.85. The van der Waals surface area contributed by atoms with E-state index in [1.807, 2.05) is 24.3 Å². The molecule has 0 saturated carbocycles. The first-order chi connectivity index (χ1) is 9.58. The van der Waals surface area contributed by atoms with E-state index in [2.05, 4.69) is 31.5 Å². The number of halogens is 1. The van der Waals surface area contributed by atoms with Crippen molar-refractivity contribution in [2.45, 2.75) is 11.7 Å². The Labute approximate surface area is 129 Å². The van der Waals surface area contributed by atoms with Crippen LogP contribution in [0.1, 0.15) is 5.56 Å². The van der Waals surface area contributed by atoms with Crippen LogP contribution in [-0.4, -0.2) is 43.8 Å². The highest BCUT2D eigenvalue weighted by atomic mass is 79.9. The molecule has 2 aromatic rings. The molecule has 1 amide bonds. The van der Waals surface area contributed by atoms with E-state index >= 15 is 0 Å². The highest BCUT2D eigenvalue weighted by molar-refractivity contribution is 9.10. The lowest BCUT2D eigenvalue weighted by atomic mass is 10.2. The number of hydrogen-bond donors (Lipinski definition) is 0. The molecule has 0 aliphatic heterocycles. The first kappa shape index (κ1) is 15.0. The summed E-state index contributed by atoms with van der Waals surface area (Å²) in [6.07, 6.45) is 0. The summed E-state index contributed by atoms with van der Waals surface area (Å²) >= 11 is 4.81. The Morgan fingerprint density at radius 1 is 1.45 bits per heavy atom. The average molecular weight is 356 g/mol. The molecule has 0 atom stereocenters. The quantitative estimate of drug-likeness (QED) is 0.764. The minimum atomic E-state index is 0.0359. The molecule has 2 rings (SSSR count). The van der Waals surface area contributed by atoms with Gasteiger partial charge in [-0.25, -0.2) is 4.68 Å². The SMILES string of the molecule is CN(Cc1ccccc1Br)C(=O)CSc1nnnn1C. The largest absolute Gasteiger partial charge is 0.341 e. The molecule has 0 aliphatic carbocycles. The van der Waals surface area contributed by atoms with Gasteiger partial charge in [-0.15, -0.1) is 5.10 Å². The molecule has 1 aromatic heterocycles. The summed E-state index contributed by atoms with van der Waals surface area (Å²) in [6, 6.07) is 7.87. The molecular weight excluding hydrogens is 342 g/mol. The average Bonchev–Trinajstić information content (AvgIpc) is 2.84. The molecule has 6 nitrogen and oxygen atoms in total. The molecule has 20 heavy (non-hydrogen) atoms.